The van der Waals surface area contributed by atoms with Gasteiger partial charge in [0.1, 0.15) is 10.6 Å². The van der Waals surface area contributed by atoms with Gasteiger partial charge in [-0.25, -0.2) is 13.2 Å². The van der Waals surface area contributed by atoms with Crippen LogP contribution in [0.3, 0.4) is 0 Å². The summed E-state index contributed by atoms with van der Waals surface area (Å²) in [6.45, 7) is 5.85. The van der Waals surface area contributed by atoms with Crippen molar-refractivity contribution in [3.63, 3.8) is 0 Å². The van der Waals surface area contributed by atoms with Crippen LogP contribution in [-0.2, 0) is 10.0 Å². The Kier molecular flexibility index (Phi) is 3.93. The molecule has 0 aromatic carbocycles. The fraction of sp³-hybridized carbons (Fsp3) is 0.615. The number of aromatic nitrogens is 1. The summed E-state index contributed by atoms with van der Waals surface area (Å²) >= 11 is 0. The van der Waals surface area contributed by atoms with Crippen molar-refractivity contribution in [3.8, 4) is 0 Å². The maximum atomic E-state index is 12.6. The van der Waals surface area contributed by atoms with Gasteiger partial charge in [-0.1, -0.05) is 6.92 Å². The third-order valence-electron chi connectivity index (χ3n) is 3.47. The van der Waals surface area contributed by atoms with Gasteiger partial charge >= 0.3 is 5.97 Å². The van der Waals surface area contributed by atoms with Crippen molar-refractivity contribution < 1.29 is 18.3 Å². The quantitative estimate of drug-likeness (QED) is 0.870. The van der Waals surface area contributed by atoms with Gasteiger partial charge in [-0.3, -0.25) is 0 Å². The highest BCUT2D eigenvalue weighted by Crippen LogP contribution is 2.32. The Bertz CT molecular complexity index is 614. The van der Waals surface area contributed by atoms with Crippen LogP contribution in [0.15, 0.2) is 17.2 Å². The number of carboxylic acid groups (broad SMARTS) is 1. The van der Waals surface area contributed by atoms with E-state index < -0.39 is 16.0 Å². The standard InChI is InChI=1S/C13H20N2O4S/c1-4-15(10-5-6-10)20(18,19)11-7-12(13(16)17)14(8-11)9(2)3/h7-10H,4-6H2,1-3H3,(H,16,17). The largest absolute Gasteiger partial charge is 0.477 e. The summed E-state index contributed by atoms with van der Waals surface area (Å²) in [6, 6.07) is 1.21. The summed E-state index contributed by atoms with van der Waals surface area (Å²) in [7, 11) is -3.61. The molecule has 0 spiro atoms. The van der Waals surface area contributed by atoms with Gasteiger partial charge in [-0.05, 0) is 32.8 Å². The zero-order chi connectivity index (χ0) is 15.1. The first-order valence-electron chi connectivity index (χ1n) is 6.76. The molecule has 112 valence electrons. The van der Waals surface area contributed by atoms with Crippen LogP contribution in [-0.4, -0.2) is 41.0 Å². The lowest BCUT2D eigenvalue weighted by Gasteiger charge is -2.18. The van der Waals surface area contributed by atoms with Crippen LogP contribution in [0.4, 0.5) is 0 Å². The first kappa shape index (κ1) is 15.1. The second kappa shape index (κ2) is 5.21. The van der Waals surface area contributed by atoms with Crippen LogP contribution in [0.1, 0.15) is 50.1 Å². The predicted molar refractivity (Wildman–Crippen MR) is 74.4 cm³/mol. The summed E-state index contributed by atoms with van der Waals surface area (Å²) in [5.74, 6) is -1.12. The van der Waals surface area contributed by atoms with Crippen LogP contribution in [0, 0.1) is 0 Å². The van der Waals surface area contributed by atoms with Crippen molar-refractivity contribution in [2.45, 2.75) is 50.6 Å². The van der Waals surface area contributed by atoms with Crippen molar-refractivity contribution in [2.24, 2.45) is 0 Å². The zero-order valence-corrected chi connectivity index (χ0v) is 12.7. The Morgan fingerprint density at radius 1 is 1.50 bits per heavy atom. The molecule has 7 heteroatoms. The minimum Gasteiger partial charge on any atom is -0.477 e. The molecule has 0 atom stereocenters. The molecule has 0 radical (unpaired) electrons. The van der Waals surface area contributed by atoms with E-state index in [1.165, 1.54) is 21.1 Å². The maximum Gasteiger partial charge on any atom is 0.352 e. The van der Waals surface area contributed by atoms with Crippen molar-refractivity contribution in [1.82, 2.24) is 8.87 Å². The van der Waals surface area contributed by atoms with Crippen LogP contribution in [0.5, 0.6) is 0 Å². The monoisotopic (exact) mass is 300 g/mol. The lowest BCUT2D eigenvalue weighted by atomic mass is 10.3. The summed E-state index contributed by atoms with van der Waals surface area (Å²) in [5, 5.41) is 9.18. The van der Waals surface area contributed by atoms with Crippen molar-refractivity contribution in [2.75, 3.05) is 6.54 Å². The summed E-state index contributed by atoms with van der Waals surface area (Å²) in [4.78, 5) is 11.3. The molecule has 0 aliphatic heterocycles. The van der Waals surface area contributed by atoms with Gasteiger partial charge in [-0.2, -0.15) is 4.31 Å². The normalized spacial score (nSPS) is 16.1. The Morgan fingerprint density at radius 2 is 2.10 bits per heavy atom. The fourth-order valence-electron chi connectivity index (χ4n) is 2.32. The second-order valence-electron chi connectivity index (χ2n) is 5.31. The van der Waals surface area contributed by atoms with Gasteiger partial charge in [0.2, 0.25) is 10.0 Å². The highest BCUT2D eigenvalue weighted by Gasteiger charge is 2.38. The molecule has 0 unspecified atom stereocenters. The number of sulfonamides is 1. The Morgan fingerprint density at radius 3 is 2.45 bits per heavy atom. The second-order valence-corrected chi connectivity index (χ2v) is 7.20. The van der Waals surface area contributed by atoms with E-state index in [0.29, 0.717) is 6.54 Å². The third-order valence-corrected chi connectivity index (χ3v) is 5.46. The van der Waals surface area contributed by atoms with Gasteiger partial charge in [0.25, 0.3) is 0 Å². The highest BCUT2D eigenvalue weighted by molar-refractivity contribution is 7.89. The van der Waals surface area contributed by atoms with Crippen molar-refractivity contribution in [3.05, 3.63) is 18.0 Å². The molecule has 0 amide bonds. The Balaban J connectivity index is 2.46. The molecule has 0 saturated heterocycles. The molecule has 1 aromatic heterocycles. The lowest BCUT2D eigenvalue weighted by molar-refractivity contribution is 0.0683. The first-order chi connectivity index (χ1) is 9.28. The van der Waals surface area contributed by atoms with Gasteiger partial charge in [0.15, 0.2) is 0 Å². The van der Waals surface area contributed by atoms with Crippen LogP contribution in [0.2, 0.25) is 0 Å². The molecular weight excluding hydrogens is 280 g/mol. The van der Waals surface area contributed by atoms with Crippen molar-refractivity contribution >= 4 is 16.0 Å². The van der Waals surface area contributed by atoms with E-state index in [2.05, 4.69) is 0 Å². The smallest absolute Gasteiger partial charge is 0.352 e. The number of carbonyl (C=O) groups is 1. The van der Waals surface area contributed by atoms with Gasteiger partial charge in [0.05, 0.1) is 0 Å². The van der Waals surface area contributed by atoms with E-state index in [-0.39, 0.29) is 22.7 Å². The SMILES string of the molecule is CCN(C1CC1)S(=O)(=O)c1cc(C(=O)O)n(C(C)C)c1. The lowest BCUT2D eigenvalue weighted by Crippen LogP contribution is -2.32. The molecule has 1 fully saturated rings. The number of aromatic carboxylic acids is 1. The molecular formula is C13H20N2O4S. The van der Waals surface area contributed by atoms with Gasteiger partial charge in [0, 0.05) is 24.8 Å². The van der Waals surface area contributed by atoms with Crippen molar-refractivity contribution in [1.29, 1.82) is 0 Å². The van der Waals surface area contributed by atoms with Crippen LogP contribution >= 0.6 is 0 Å². The van der Waals surface area contributed by atoms with Crippen LogP contribution < -0.4 is 0 Å². The molecule has 20 heavy (non-hydrogen) atoms. The predicted octanol–water partition coefficient (Wildman–Crippen LogP) is 1.94. The minimum atomic E-state index is -3.61. The minimum absolute atomic E-state index is 0.00502. The maximum absolute atomic E-state index is 12.6. The molecule has 1 N–H and O–H groups in total. The molecule has 1 aliphatic carbocycles. The van der Waals surface area contributed by atoms with Gasteiger partial charge in [-0.15, -0.1) is 0 Å². The molecule has 1 aromatic rings. The average molecular weight is 300 g/mol. The Labute approximate surface area is 119 Å². The average Bonchev–Trinajstić information content (AvgIpc) is 3.05. The van der Waals surface area contributed by atoms with E-state index in [0.717, 1.165) is 12.8 Å². The number of nitrogens with zero attached hydrogens (tertiary/aromatic N) is 2. The molecule has 6 nitrogen and oxygen atoms in total. The van der Waals surface area contributed by atoms with E-state index >= 15 is 0 Å². The molecule has 1 saturated carbocycles. The summed E-state index contributed by atoms with van der Waals surface area (Å²) in [5.41, 5.74) is 0.00502. The number of carboxylic acids is 1. The topological polar surface area (TPSA) is 79.6 Å². The number of hydrogen-bond donors (Lipinski definition) is 1. The van der Waals surface area contributed by atoms with E-state index in [9.17, 15) is 18.3 Å². The Hall–Kier alpha value is -1.34. The van der Waals surface area contributed by atoms with Gasteiger partial charge < -0.3 is 9.67 Å². The molecule has 1 aliphatic rings. The third kappa shape index (κ3) is 2.60. The number of rotatable bonds is 6. The van der Waals surface area contributed by atoms with E-state index in [1.54, 1.807) is 6.92 Å². The molecule has 1 heterocycles. The first-order valence-corrected chi connectivity index (χ1v) is 8.20. The number of hydrogen-bond acceptors (Lipinski definition) is 3. The molecule has 2 rings (SSSR count). The van der Waals surface area contributed by atoms with E-state index in [1.807, 2.05) is 13.8 Å². The van der Waals surface area contributed by atoms with Crippen LogP contribution in [0.25, 0.3) is 0 Å². The zero-order valence-electron chi connectivity index (χ0n) is 11.9. The fourth-order valence-corrected chi connectivity index (χ4v) is 4.04. The molecule has 0 bridgehead atoms. The summed E-state index contributed by atoms with van der Waals surface area (Å²) < 4.78 is 28.1. The summed E-state index contributed by atoms with van der Waals surface area (Å²) in [6.07, 6.45) is 3.18. The highest BCUT2D eigenvalue weighted by atomic mass is 32.2. The van der Waals surface area contributed by atoms with E-state index in [4.69, 9.17) is 0 Å².